The molecular formula is C16H19ClN4. The lowest BCUT2D eigenvalue weighted by Gasteiger charge is -2.30. The van der Waals surface area contributed by atoms with Crippen LogP contribution in [-0.4, -0.2) is 37.9 Å². The van der Waals surface area contributed by atoms with Gasteiger partial charge in [-0.1, -0.05) is 18.5 Å². The molecule has 2 aromatic rings. The maximum atomic E-state index is 6.14. The smallest absolute Gasteiger partial charge is 0.155 e. The lowest BCUT2D eigenvalue weighted by atomic mass is 10.0. The minimum Gasteiger partial charge on any atom is -0.352 e. The average molecular weight is 303 g/mol. The zero-order valence-electron chi connectivity index (χ0n) is 12.2. The molecule has 3 rings (SSSR count). The minimum atomic E-state index is 0.726. The van der Waals surface area contributed by atoms with Crippen molar-refractivity contribution in [2.75, 3.05) is 31.1 Å². The number of aryl methyl sites for hydroxylation is 1. The number of nitrogens with zero attached hydrogens (tertiary/aromatic N) is 3. The van der Waals surface area contributed by atoms with Gasteiger partial charge in [0, 0.05) is 36.6 Å². The predicted molar refractivity (Wildman–Crippen MR) is 90.4 cm³/mol. The number of anilines is 1. The van der Waals surface area contributed by atoms with E-state index in [2.05, 4.69) is 28.9 Å². The van der Waals surface area contributed by atoms with Crippen LogP contribution in [0.25, 0.3) is 10.9 Å². The molecule has 110 valence electrons. The van der Waals surface area contributed by atoms with Gasteiger partial charge in [-0.3, -0.25) is 4.99 Å². The molecule has 0 aliphatic carbocycles. The van der Waals surface area contributed by atoms with Gasteiger partial charge >= 0.3 is 0 Å². The van der Waals surface area contributed by atoms with E-state index >= 15 is 0 Å². The van der Waals surface area contributed by atoms with Crippen molar-refractivity contribution >= 4 is 40.7 Å². The van der Waals surface area contributed by atoms with Crippen LogP contribution in [0.1, 0.15) is 12.5 Å². The molecule has 0 amide bonds. The van der Waals surface area contributed by atoms with Crippen molar-refractivity contribution in [3.63, 3.8) is 0 Å². The molecule has 1 aliphatic rings. The molecule has 1 aromatic heterocycles. The summed E-state index contributed by atoms with van der Waals surface area (Å²) in [5.74, 6) is 0.943. The second-order valence-electron chi connectivity index (χ2n) is 5.17. The summed E-state index contributed by atoms with van der Waals surface area (Å²) in [5, 5.41) is 5.16. The van der Waals surface area contributed by atoms with Crippen molar-refractivity contribution in [1.29, 1.82) is 0 Å². The third-order valence-corrected chi connectivity index (χ3v) is 4.17. The highest BCUT2D eigenvalue weighted by Crippen LogP contribution is 2.37. The molecule has 1 saturated heterocycles. The van der Waals surface area contributed by atoms with Crippen LogP contribution < -0.4 is 10.2 Å². The summed E-state index contributed by atoms with van der Waals surface area (Å²) >= 11 is 6.14. The number of aliphatic imine (C=N–C) groups is 1. The number of aromatic nitrogens is 1. The van der Waals surface area contributed by atoms with Crippen molar-refractivity contribution in [1.82, 2.24) is 10.3 Å². The van der Waals surface area contributed by atoms with E-state index < -0.39 is 0 Å². The van der Waals surface area contributed by atoms with Crippen molar-refractivity contribution in [2.45, 2.75) is 13.3 Å². The van der Waals surface area contributed by atoms with Crippen LogP contribution in [0.3, 0.4) is 0 Å². The molecule has 0 unspecified atom stereocenters. The van der Waals surface area contributed by atoms with E-state index in [-0.39, 0.29) is 0 Å². The van der Waals surface area contributed by atoms with E-state index in [1.807, 2.05) is 18.2 Å². The van der Waals surface area contributed by atoms with Crippen LogP contribution in [0.2, 0.25) is 5.02 Å². The first kappa shape index (κ1) is 14.3. The fourth-order valence-electron chi connectivity index (χ4n) is 2.90. The highest BCUT2D eigenvalue weighted by Gasteiger charge is 2.19. The number of benzene rings is 1. The Labute approximate surface area is 129 Å². The maximum absolute atomic E-state index is 6.14. The van der Waals surface area contributed by atoms with Gasteiger partial charge in [-0.05, 0) is 36.9 Å². The molecule has 21 heavy (non-hydrogen) atoms. The number of pyridine rings is 1. The third-order valence-electron chi connectivity index (χ3n) is 3.94. The molecular weight excluding hydrogens is 284 g/mol. The van der Waals surface area contributed by atoms with Crippen LogP contribution in [0, 0.1) is 0 Å². The van der Waals surface area contributed by atoms with Crippen LogP contribution in [-0.2, 0) is 6.42 Å². The zero-order valence-corrected chi connectivity index (χ0v) is 13.0. The minimum absolute atomic E-state index is 0.726. The predicted octanol–water partition coefficient (Wildman–Crippen LogP) is 3.19. The number of rotatable bonds is 3. The quantitative estimate of drug-likeness (QED) is 0.885. The highest BCUT2D eigenvalue weighted by atomic mass is 35.5. The monoisotopic (exact) mass is 302 g/mol. The molecule has 1 aliphatic heterocycles. The molecule has 5 heteroatoms. The van der Waals surface area contributed by atoms with Crippen LogP contribution in [0.4, 0.5) is 11.5 Å². The van der Waals surface area contributed by atoms with Crippen molar-refractivity contribution < 1.29 is 0 Å². The van der Waals surface area contributed by atoms with Gasteiger partial charge in [0.15, 0.2) is 5.82 Å². The van der Waals surface area contributed by atoms with Gasteiger partial charge in [0.1, 0.15) is 5.69 Å². The van der Waals surface area contributed by atoms with Crippen LogP contribution in [0.5, 0.6) is 0 Å². The van der Waals surface area contributed by atoms with Crippen molar-refractivity contribution in [2.24, 2.45) is 4.99 Å². The van der Waals surface area contributed by atoms with Gasteiger partial charge in [-0.2, -0.15) is 0 Å². The Kier molecular flexibility index (Phi) is 4.08. The Morgan fingerprint density at radius 2 is 2.14 bits per heavy atom. The summed E-state index contributed by atoms with van der Waals surface area (Å²) in [5.41, 5.74) is 3.04. The van der Waals surface area contributed by atoms with E-state index in [4.69, 9.17) is 16.6 Å². The standard InChI is InChI=1S/C16H19ClN4/c1-3-12-13-10-11(17)4-5-14(13)20-16(15(12)18-2)21-8-6-19-7-9-21/h4-5,10,19H,2-3,6-9H2,1H3. The molecule has 1 fully saturated rings. The second kappa shape index (κ2) is 6.00. The molecule has 0 radical (unpaired) electrons. The first-order valence-corrected chi connectivity index (χ1v) is 7.67. The molecule has 0 bridgehead atoms. The first-order valence-electron chi connectivity index (χ1n) is 7.29. The fraction of sp³-hybridized carbons (Fsp3) is 0.375. The second-order valence-corrected chi connectivity index (χ2v) is 5.61. The fourth-order valence-corrected chi connectivity index (χ4v) is 3.07. The Bertz CT molecular complexity index is 678. The Morgan fingerprint density at radius 3 is 2.81 bits per heavy atom. The normalized spacial score (nSPS) is 15.4. The Balaban J connectivity index is 2.23. The zero-order chi connectivity index (χ0) is 14.8. The third kappa shape index (κ3) is 2.61. The number of hydrogen-bond donors (Lipinski definition) is 1. The lowest BCUT2D eigenvalue weighted by Crippen LogP contribution is -2.44. The average Bonchev–Trinajstić information content (AvgIpc) is 2.53. The number of piperazine rings is 1. The number of halogens is 1. The van der Waals surface area contributed by atoms with E-state index in [0.717, 1.165) is 60.0 Å². The summed E-state index contributed by atoms with van der Waals surface area (Å²) in [6, 6.07) is 5.84. The summed E-state index contributed by atoms with van der Waals surface area (Å²) in [6.45, 7) is 9.72. The molecule has 2 heterocycles. The lowest BCUT2D eigenvalue weighted by molar-refractivity contribution is 0.585. The molecule has 0 atom stereocenters. The van der Waals surface area contributed by atoms with Gasteiger partial charge < -0.3 is 10.2 Å². The van der Waals surface area contributed by atoms with E-state index in [1.165, 1.54) is 5.56 Å². The highest BCUT2D eigenvalue weighted by molar-refractivity contribution is 6.31. The van der Waals surface area contributed by atoms with E-state index in [1.54, 1.807) is 0 Å². The number of nitrogens with one attached hydrogen (secondary N) is 1. The van der Waals surface area contributed by atoms with Gasteiger partial charge in [0.25, 0.3) is 0 Å². The molecule has 1 N–H and O–H groups in total. The van der Waals surface area contributed by atoms with Gasteiger partial charge in [0.05, 0.1) is 5.52 Å². The maximum Gasteiger partial charge on any atom is 0.155 e. The topological polar surface area (TPSA) is 40.5 Å². The van der Waals surface area contributed by atoms with Gasteiger partial charge in [0.2, 0.25) is 0 Å². The first-order chi connectivity index (χ1) is 10.2. The molecule has 0 spiro atoms. The van der Waals surface area contributed by atoms with Crippen LogP contribution >= 0.6 is 11.6 Å². The Hall–Kier alpha value is -1.65. The van der Waals surface area contributed by atoms with Gasteiger partial charge in [-0.15, -0.1) is 0 Å². The molecule has 1 aromatic carbocycles. The number of hydrogen-bond acceptors (Lipinski definition) is 4. The molecule has 0 saturated carbocycles. The van der Waals surface area contributed by atoms with Gasteiger partial charge in [-0.25, -0.2) is 4.98 Å². The molecule has 4 nitrogen and oxygen atoms in total. The van der Waals surface area contributed by atoms with E-state index in [9.17, 15) is 0 Å². The van der Waals surface area contributed by atoms with Crippen molar-refractivity contribution in [3.8, 4) is 0 Å². The summed E-state index contributed by atoms with van der Waals surface area (Å²) < 4.78 is 0. The summed E-state index contributed by atoms with van der Waals surface area (Å²) in [4.78, 5) is 11.4. The van der Waals surface area contributed by atoms with Crippen LogP contribution in [0.15, 0.2) is 23.2 Å². The van der Waals surface area contributed by atoms with E-state index in [0.29, 0.717) is 0 Å². The summed E-state index contributed by atoms with van der Waals surface area (Å²) in [7, 11) is 0. The summed E-state index contributed by atoms with van der Waals surface area (Å²) in [6.07, 6.45) is 0.882. The largest absolute Gasteiger partial charge is 0.352 e. The van der Waals surface area contributed by atoms with Crippen molar-refractivity contribution in [3.05, 3.63) is 28.8 Å². The Morgan fingerprint density at radius 1 is 1.38 bits per heavy atom. The SMILES string of the molecule is C=Nc1c(N2CCNCC2)nc2ccc(Cl)cc2c1CC. The number of fused-ring (bicyclic) bond motifs is 1.